The van der Waals surface area contributed by atoms with Crippen LogP contribution in [0.15, 0.2) is 6.07 Å². The maximum Gasteiger partial charge on any atom is 0.573 e. The van der Waals surface area contributed by atoms with E-state index in [-0.39, 0.29) is 5.69 Å². The summed E-state index contributed by atoms with van der Waals surface area (Å²) >= 11 is 0. The summed E-state index contributed by atoms with van der Waals surface area (Å²) in [7, 11) is 0. The van der Waals surface area contributed by atoms with Gasteiger partial charge in [-0.25, -0.2) is 8.78 Å². The highest BCUT2D eigenvalue weighted by atomic mass is 19.4. The summed E-state index contributed by atoms with van der Waals surface area (Å²) in [4.78, 5) is 3.61. The van der Waals surface area contributed by atoms with Crippen LogP contribution in [-0.2, 0) is 6.42 Å². The Kier molecular flexibility index (Phi) is 4.06. The van der Waals surface area contributed by atoms with E-state index in [0.717, 1.165) is 6.07 Å². The van der Waals surface area contributed by atoms with E-state index in [1.165, 1.54) is 6.92 Å². The number of nitrogens with zero attached hydrogens (tertiary/aromatic N) is 2. The molecule has 0 aromatic carbocycles. The van der Waals surface area contributed by atoms with Crippen LogP contribution in [0.25, 0.3) is 0 Å². The lowest BCUT2D eigenvalue weighted by Crippen LogP contribution is -2.20. The highest BCUT2D eigenvalue weighted by Crippen LogP contribution is 2.35. The van der Waals surface area contributed by atoms with E-state index >= 15 is 0 Å². The van der Waals surface area contributed by atoms with Crippen molar-refractivity contribution in [3.63, 3.8) is 0 Å². The quantitative estimate of drug-likeness (QED) is 0.788. The lowest BCUT2D eigenvalue weighted by molar-refractivity contribution is -0.275. The number of pyridine rings is 1. The van der Waals surface area contributed by atoms with Gasteiger partial charge in [0.15, 0.2) is 5.75 Å². The van der Waals surface area contributed by atoms with Crippen molar-refractivity contribution >= 4 is 0 Å². The first-order valence-electron chi connectivity index (χ1n) is 4.66. The van der Waals surface area contributed by atoms with Gasteiger partial charge in [0.25, 0.3) is 6.43 Å². The van der Waals surface area contributed by atoms with Gasteiger partial charge in [-0.15, -0.1) is 13.2 Å². The number of aromatic nitrogens is 1. The molecule has 0 amide bonds. The number of rotatable bonds is 3. The van der Waals surface area contributed by atoms with Crippen molar-refractivity contribution in [1.82, 2.24) is 4.98 Å². The third-order valence-corrected chi connectivity index (χ3v) is 1.90. The van der Waals surface area contributed by atoms with Crippen molar-refractivity contribution in [3.05, 3.63) is 23.0 Å². The molecule has 1 aromatic rings. The van der Waals surface area contributed by atoms with Crippen molar-refractivity contribution in [1.29, 1.82) is 5.26 Å². The molecular formula is C10H7F5N2O. The fourth-order valence-corrected chi connectivity index (χ4v) is 1.34. The number of alkyl halides is 5. The van der Waals surface area contributed by atoms with Gasteiger partial charge in [0.05, 0.1) is 23.7 Å². The van der Waals surface area contributed by atoms with Crippen LogP contribution in [0, 0.1) is 18.3 Å². The van der Waals surface area contributed by atoms with Crippen molar-refractivity contribution in [2.45, 2.75) is 26.1 Å². The second-order valence-corrected chi connectivity index (χ2v) is 3.31. The summed E-state index contributed by atoms with van der Waals surface area (Å²) in [6.07, 6.45) is -8.82. The Labute approximate surface area is 98.8 Å². The second kappa shape index (κ2) is 5.16. The molecule has 1 aromatic heterocycles. The van der Waals surface area contributed by atoms with E-state index in [1.54, 1.807) is 6.07 Å². The van der Waals surface area contributed by atoms with Crippen LogP contribution in [0.2, 0.25) is 0 Å². The average molecular weight is 266 g/mol. The molecule has 1 heterocycles. The molecule has 0 aliphatic heterocycles. The maximum atomic E-state index is 12.6. The van der Waals surface area contributed by atoms with E-state index in [1.807, 2.05) is 0 Å². The van der Waals surface area contributed by atoms with Crippen molar-refractivity contribution in [2.24, 2.45) is 0 Å². The SMILES string of the molecule is Cc1cc(C(F)F)c(OC(F)(F)F)c(CC#N)n1. The molecule has 18 heavy (non-hydrogen) atoms. The number of aryl methyl sites for hydroxylation is 1. The molecule has 0 radical (unpaired) electrons. The van der Waals surface area contributed by atoms with Gasteiger partial charge in [-0.3, -0.25) is 4.98 Å². The molecule has 0 atom stereocenters. The second-order valence-electron chi connectivity index (χ2n) is 3.31. The van der Waals surface area contributed by atoms with E-state index in [9.17, 15) is 22.0 Å². The number of ether oxygens (including phenoxy) is 1. The monoisotopic (exact) mass is 266 g/mol. The number of halogens is 5. The lowest BCUT2D eigenvalue weighted by atomic mass is 10.1. The smallest absolute Gasteiger partial charge is 0.403 e. The molecule has 1 rings (SSSR count). The van der Waals surface area contributed by atoms with E-state index in [2.05, 4.69) is 9.72 Å². The van der Waals surface area contributed by atoms with Gasteiger partial charge < -0.3 is 4.74 Å². The molecule has 0 aliphatic carbocycles. The number of hydrogen-bond acceptors (Lipinski definition) is 3. The fourth-order valence-electron chi connectivity index (χ4n) is 1.34. The maximum absolute atomic E-state index is 12.6. The predicted octanol–water partition coefficient (Wildman–Crippen LogP) is 3.29. The van der Waals surface area contributed by atoms with Gasteiger partial charge in [0, 0.05) is 5.69 Å². The van der Waals surface area contributed by atoms with Crippen molar-refractivity contribution in [2.75, 3.05) is 0 Å². The average Bonchev–Trinajstić information content (AvgIpc) is 2.19. The molecule has 0 saturated heterocycles. The van der Waals surface area contributed by atoms with Crippen LogP contribution in [0.1, 0.15) is 23.4 Å². The van der Waals surface area contributed by atoms with Gasteiger partial charge in [-0.05, 0) is 13.0 Å². The summed E-state index contributed by atoms with van der Waals surface area (Å²) in [5.74, 6) is -1.09. The molecule has 3 nitrogen and oxygen atoms in total. The Morgan fingerprint density at radius 1 is 1.44 bits per heavy atom. The Morgan fingerprint density at radius 2 is 2.06 bits per heavy atom. The van der Waals surface area contributed by atoms with Crippen molar-refractivity contribution in [3.8, 4) is 11.8 Å². The zero-order chi connectivity index (χ0) is 13.9. The third-order valence-electron chi connectivity index (χ3n) is 1.90. The molecule has 0 aliphatic rings. The molecule has 0 fully saturated rings. The van der Waals surface area contributed by atoms with Crippen molar-refractivity contribution < 1.29 is 26.7 Å². The predicted molar refractivity (Wildman–Crippen MR) is 49.9 cm³/mol. The zero-order valence-corrected chi connectivity index (χ0v) is 9.05. The first kappa shape index (κ1) is 14.2. The minimum atomic E-state index is -5.12. The van der Waals surface area contributed by atoms with E-state index in [4.69, 9.17) is 5.26 Å². The zero-order valence-electron chi connectivity index (χ0n) is 9.05. The summed E-state index contributed by atoms with van der Waals surface area (Å²) in [6.45, 7) is 1.34. The molecule has 0 N–H and O–H groups in total. The molecular weight excluding hydrogens is 259 g/mol. The normalized spacial score (nSPS) is 11.4. The summed E-state index contributed by atoms with van der Waals surface area (Å²) < 4.78 is 65.2. The standard InChI is InChI=1S/C10H7F5N2O/c1-5-4-6(9(11)12)8(18-10(13,14)15)7(17-5)2-3-16/h4,9H,2H2,1H3. The molecule has 0 spiro atoms. The van der Waals surface area contributed by atoms with Crippen LogP contribution in [0.3, 0.4) is 0 Å². The Balaban J connectivity index is 3.37. The van der Waals surface area contributed by atoms with E-state index < -0.39 is 36.2 Å². The summed E-state index contributed by atoms with van der Waals surface area (Å²) in [5.41, 5.74) is -1.29. The molecule has 0 saturated carbocycles. The highest BCUT2D eigenvalue weighted by molar-refractivity contribution is 5.41. The summed E-state index contributed by atoms with van der Waals surface area (Å²) in [5, 5.41) is 8.45. The van der Waals surface area contributed by atoms with Crippen LogP contribution in [0.5, 0.6) is 5.75 Å². The lowest BCUT2D eigenvalue weighted by Gasteiger charge is -2.16. The van der Waals surface area contributed by atoms with Gasteiger partial charge in [0.2, 0.25) is 0 Å². The minimum absolute atomic E-state index is 0.0880. The van der Waals surface area contributed by atoms with Crippen LogP contribution < -0.4 is 4.74 Å². The van der Waals surface area contributed by atoms with Crippen LogP contribution >= 0.6 is 0 Å². The van der Waals surface area contributed by atoms with Gasteiger partial charge in [0.1, 0.15) is 0 Å². The van der Waals surface area contributed by atoms with Gasteiger partial charge in [-0.1, -0.05) is 0 Å². The molecule has 0 unspecified atom stereocenters. The fraction of sp³-hybridized carbons (Fsp3) is 0.400. The van der Waals surface area contributed by atoms with E-state index in [0.29, 0.717) is 0 Å². The number of nitriles is 1. The topological polar surface area (TPSA) is 45.9 Å². The molecule has 8 heteroatoms. The number of hydrogen-bond donors (Lipinski definition) is 0. The molecule has 98 valence electrons. The minimum Gasteiger partial charge on any atom is -0.403 e. The van der Waals surface area contributed by atoms with Crippen LogP contribution in [-0.4, -0.2) is 11.3 Å². The van der Waals surface area contributed by atoms with Gasteiger partial charge in [-0.2, -0.15) is 5.26 Å². The van der Waals surface area contributed by atoms with Crippen LogP contribution in [0.4, 0.5) is 22.0 Å². The van der Waals surface area contributed by atoms with Gasteiger partial charge >= 0.3 is 6.36 Å². The Morgan fingerprint density at radius 3 is 2.50 bits per heavy atom. The largest absolute Gasteiger partial charge is 0.573 e. The Hall–Kier alpha value is -1.91. The highest BCUT2D eigenvalue weighted by Gasteiger charge is 2.35. The molecule has 0 bridgehead atoms. The third kappa shape index (κ3) is 3.55. The summed E-state index contributed by atoms with van der Waals surface area (Å²) in [6, 6.07) is 2.35. The Bertz CT molecular complexity index is 478. The first-order valence-corrected chi connectivity index (χ1v) is 4.66. The first-order chi connectivity index (χ1) is 8.24.